The Balaban J connectivity index is 1.50. The van der Waals surface area contributed by atoms with Crippen LogP contribution in [-0.4, -0.2) is 38.7 Å². The average Bonchev–Trinajstić information content (AvgIpc) is 3.12. The fourth-order valence-corrected chi connectivity index (χ4v) is 6.70. The fraction of sp³-hybridized carbons (Fsp3) is 0.444. The lowest BCUT2D eigenvalue weighted by Crippen LogP contribution is -2.37. The molecule has 0 bridgehead atoms. The molecule has 1 aliphatic carbocycles. The minimum absolute atomic E-state index is 0.345. The number of hydrogen-bond acceptors (Lipinski definition) is 7. The van der Waals surface area contributed by atoms with E-state index in [1.807, 2.05) is 25.1 Å². The smallest absolute Gasteiger partial charge is 0.193 e. The Morgan fingerprint density at radius 2 is 1.83 bits per heavy atom. The maximum atomic E-state index is 8.76. The van der Waals surface area contributed by atoms with Crippen molar-refractivity contribution in [3.63, 3.8) is 0 Å². The number of piperidine rings is 1. The maximum Gasteiger partial charge on any atom is 0.193 e. The number of hydrogen-bond donors (Lipinski definition) is 2. The predicted molar refractivity (Wildman–Crippen MR) is 143 cm³/mol. The quantitative estimate of drug-likeness (QED) is 0.343. The molecule has 5 rings (SSSR count). The monoisotopic (exact) mass is 506 g/mol. The molecule has 0 saturated carbocycles. The van der Waals surface area contributed by atoms with Crippen molar-refractivity contribution in [3.05, 3.63) is 53.1 Å². The molecule has 3 aromatic rings. The number of aryl methyl sites for hydroxylation is 1. The van der Waals surface area contributed by atoms with E-state index in [0.29, 0.717) is 33.4 Å². The highest BCUT2D eigenvalue weighted by Crippen LogP contribution is 2.43. The van der Waals surface area contributed by atoms with Crippen LogP contribution in [0, 0.1) is 10.8 Å². The third kappa shape index (κ3) is 4.86. The zero-order valence-corrected chi connectivity index (χ0v) is 21.9. The first-order valence-corrected chi connectivity index (χ1v) is 13.7. The Hall–Kier alpha value is -2.35. The summed E-state index contributed by atoms with van der Waals surface area (Å²) in [5, 5.41) is 13.6. The van der Waals surface area contributed by atoms with Crippen LogP contribution in [-0.2, 0) is 6.42 Å². The molecule has 35 heavy (non-hydrogen) atoms. The van der Waals surface area contributed by atoms with Crippen molar-refractivity contribution in [2.45, 2.75) is 68.8 Å². The SMILES string of the molecule is CCCC1(CCc2nc(Sc3ccc4nccnc4c3)nc3c2C(Cl)=C(CC)C3=N)CCNCC1. The number of allylic oxidation sites excluding steroid dienone is 1. The molecule has 0 spiro atoms. The van der Waals surface area contributed by atoms with Crippen LogP contribution < -0.4 is 5.32 Å². The van der Waals surface area contributed by atoms with Gasteiger partial charge in [-0.3, -0.25) is 15.4 Å². The normalized spacial score (nSPS) is 17.3. The standard InChI is InChI=1S/C27H31ClN6S/c1-3-8-27(10-12-30-13-11-27)9-7-20-22-23(28)18(4-2)24(29)25(22)34-26(33-20)35-17-5-6-19-21(16-17)32-15-14-31-19/h5-6,14-16,29-30H,3-4,7-13H2,1-2H3. The van der Waals surface area contributed by atoms with Gasteiger partial charge in [-0.2, -0.15) is 0 Å². The van der Waals surface area contributed by atoms with Crippen LogP contribution in [0.4, 0.5) is 0 Å². The third-order valence-electron chi connectivity index (χ3n) is 7.33. The number of fused-ring (bicyclic) bond motifs is 2. The van der Waals surface area contributed by atoms with Crippen LogP contribution in [0.1, 0.15) is 69.3 Å². The summed E-state index contributed by atoms with van der Waals surface area (Å²) >= 11 is 8.34. The molecule has 1 aliphatic heterocycles. The van der Waals surface area contributed by atoms with Crippen molar-refractivity contribution in [2.75, 3.05) is 13.1 Å². The number of halogens is 1. The van der Waals surface area contributed by atoms with Crippen molar-refractivity contribution in [3.8, 4) is 0 Å². The van der Waals surface area contributed by atoms with E-state index in [4.69, 9.17) is 27.0 Å². The first-order valence-electron chi connectivity index (χ1n) is 12.5. The van der Waals surface area contributed by atoms with E-state index in [-0.39, 0.29) is 0 Å². The Kier molecular flexibility index (Phi) is 7.19. The van der Waals surface area contributed by atoms with Crippen LogP contribution in [0.25, 0.3) is 16.1 Å². The molecule has 2 aliphatic rings. The number of aromatic nitrogens is 4. The van der Waals surface area contributed by atoms with Gasteiger partial charge in [0.25, 0.3) is 0 Å². The highest BCUT2D eigenvalue weighted by molar-refractivity contribution is 7.99. The summed E-state index contributed by atoms with van der Waals surface area (Å²) < 4.78 is 0. The molecule has 0 radical (unpaired) electrons. The molecule has 1 saturated heterocycles. The Morgan fingerprint density at radius 1 is 1.06 bits per heavy atom. The Bertz CT molecular complexity index is 1290. The summed E-state index contributed by atoms with van der Waals surface area (Å²) in [5.41, 5.74) is 5.89. The molecular weight excluding hydrogens is 476 g/mol. The van der Waals surface area contributed by atoms with Crippen LogP contribution >= 0.6 is 23.4 Å². The average molecular weight is 507 g/mol. The van der Waals surface area contributed by atoms with E-state index in [9.17, 15) is 0 Å². The Labute approximate surface area is 215 Å². The van der Waals surface area contributed by atoms with E-state index in [0.717, 1.165) is 58.7 Å². The molecule has 0 unspecified atom stereocenters. The van der Waals surface area contributed by atoms with Gasteiger partial charge >= 0.3 is 0 Å². The summed E-state index contributed by atoms with van der Waals surface area (Å²) in [5.74, 6) is 0. The second-order valence-corrected chi connectivity index (χ2v) is 10.9. The lowest BCUT2D eigenvalue weighted by Gasteiger charge is -2.38. The molecule has 6 nitrogen and oxygen atoms in total. The molecule has 2 aromatic heterocycles. The molecule has 3 heterocycles. The molecular formula is C27H31ClN6S. The van der Waals surface area contributed by atoms with E-state index in [2.05, 4.69) is 22.2 Å². The molecule has 0 atom stereocenters. The van der Waals surface area contributed by atoms with Gasteiger partial charge in [0.2, 0.25) is 0 Å². The van der Waals surface area contributed by atoms with Crippen molar-refractivity contribution in [1.82, 2.24) is 25.3 Å². The summed E-state index contributed by atoms with van der Waals surface area (Å²) in [6.45, 7) is 6.49. The predicted octanol–water partition coefficient (Wildman–Crippen LogP) is 6.41. The molecule has 1 fully saturated rings. The first kappa shape index (κ1) is 24.3. The van der Waals surface area contributed by atoms with Gasteiger partial charge in [-0.05, 0) is 92.6 Å². The highest BCUT2D eigenvalue weighted by Gasteiger charge is 2.34. The zero-order valence-electron chi connectivity index (χ0n) is 20.3. The second kappa shape index (κ2) is 10.3. The van der Waals surface area contributed by atoms with Gasteiger partial charge in [0, 0.05) is 22.9 Å². The van der Waals surface area contributed by atoms with Gasteiger partial charge in [-0.25, -0.2) is 9.97 Å². The van der Waals surface area contributed by atoms with Gasteiger partial charge < -0.3 is 5.32 Å². The van der Waals surface area contributed by atoms with Gasteiger partial charge in [-0.15, -0.1) is 0 Å². The third-order valence-corrected chi connectivity index (χ3v) is 8.60. The van der Waals surface area contributed by atoms with Gasteiger partial charge in [0.15, 0.2) is 5.16 Å². The van der Waals surface area contributed by atoms with Crippen molar-refractivity contribution < 1.29 is 0 Å². The van der Waals surface area contributed by atoms with Gasteiger partial charge in [-0.1, -0.05) is 31.9 Å². The summed E-state index contributed by atoms with van der Waals surface area (Å²) in [7, 11) is 0. The van der Waals surface area contributed by atoms with Crippen molar-refractivity contribution in [2.24, 2.45) is 5.41 Å². The lowest BCUT2D eigenvalue weighted by molar-refractivity contribution is 0.166. The first-order chi connectivity index (χ1) is 17.0. The fourth-order valence-electron chi connectivity index (χ4n) is 5.47. The van der Waals surface area contributed by atoms with Gasteiger partial charge in [0.1, 0.15) is 5.69 Å². The van der Waals surface area contributed by atoms with Crippen molar-refractivity contribution in [1.29, 1.82) is 5.41 Å². The number of rotatable bonds is 8. The number of nitrogens with zero attached hydrogens (tertiary/aromatic N) is 4. The zero-order chi connectivity index (χ0) is 24.4. The van der Waals surface area contributed by atoms with Crippen LogP contribution in [0.2, 0.25) is 0 Å². The number of nitrogens with one attached hydrogen (secondary N) is 2. The largest absolute Gasteiger partial charge is 0.317 e. The molecule has 0 amide bonds. The Morgan fingerprint density at radius 3 is 2.57 bits per heavy atom. The minimum Gasteiger partial charge on any atom is -0.317 e. The van der Waals surface area contributed by atoms with Crippen LogP contribution in [0.15, 0.2) is 46.2 Å². The van der Waals surface area contributed by atoms with Gasteiger partial charge in [0.05, 0.1) is 27.5 Å². The highest BCUT2D eigenvalue weighted by atomic mass is 35.5. The van der Waals surface area contributed by atoms with Crippen molar-refractivity contribution >= 4 is 45.1 Å². The topological polar surface area (TPSA) is 87.4 Å². The van der Waals surface area contributed by atoms with Crippen LogP contribution in [0.3, 0.4) is 0 Å². The number of benzene rings is 1. The molecule has 8 heteroatoms. The second-order valence-electron chi connectivity index (χ2n) is 9.51. The van der Waals surface area contributed by atoms with E-state index < -0.39 is 0 Å². The maximum absolute atomic E-state index is 8.76. The molecule has 2 N–H and O–H groups in total. The molecule has 1 aromatic carbocycles. The van der Waals surface area contributed by atoms with E-state index >= 15 is 0 Å². The summed E-state index contributed by atoms with van der Waals surface area (Å²) in [4.78, 5) is 19.6. The molecule has 182 valence electrons. The minimum atomic E-state index is 0.345. The van der Waals surface area contributed by atoms with Crippen LogP contribution in [0.5, 0.6) is 0 Å². The summed E-state index contributed by atoms with van der Waals surface area (Å²) in [6, 6.07) is 6.01. The summed E-state index contributed by atoms with van der Waals surface area (Å²) in [6.07, 6.45) is 10.9. The van der Waals surface area contributed by atoms with E-state index in [1.165, 1.54) is 37.4 Å². The van der Waals surface area contributed by atoms with E-state index in [1.54, 1.807) is 12.4 Å². The lowest BCUT2D eigenvalue weighted by atomic mass is 9.72.